The maximum Gasteiger partial charge on any atom is 0.339 e. The third-order valence-corrected chi connectivity index (χ3v) is 10.9. The quantitative estimate of drug-likeness (QED) is 0.281. The van der Waals surface area contributed by atoms with Gasteiger partial charge < -0.3 is 38.7 Å². The maximum absolute atomic E-state index is 13.1. The standard InChI is InChI=1S/C29H36O11/c1-13(30)38-24-25(2,3)20-19(23(33)36-6)40-29(35)27(20,5)16-7-9-26(4)17(15(16)11-28(24,29)34)18(31)22(32)39-21(26)14-8-10-37-12-14/h8,10,12,16,18-21,24,31,34-35H,7,9,11H2,1-6H3/t16-,18+,19-,20+,21-,24-,26+,27+,28?,29-/m0/s1. The fourth-order valence-electron chi connectivity index (χ4n) is 9.50. The van der Waals surface area contributed by atoms with Crippen molar-refractivity contribution in [3.05, 3.63) is 35.3 Å². The van der Waals surface area contributed by atoms with Crippen LogP contribution in [0.3, 0.4) is 0 Å². The summed E-state index contributed by atoms with van der Waals surface area (Å²) in [6.45, 7) is 8.45. The van der Waals surface area contributed by atoms with Gasteiger partial charge in [0, 0.05) is 41.1 Å². The van der Waals surface area contributed by atoms with E-state index in [0.29, 0.717) is 29.6 Å². The molecule has 4 bridgehead atoms. The first-order chi connectivity index (χ1) is 18.6. The van der Waals surface area contributed by atoms with Gasteiger partial charge in [0.15, 0.2) is 17.8 Å². The number of hydrogen-bond donors (Lipinski definition) is 3. The van der Waals surface area contributed by atoms with Gasteiger partial charge in [0.1, 0.15) is 12.2 Å². The zero-order valence-electron chi connectivity index (χ0n) is 23.4. The molecule has 1 aromatic heterocycles. The summed E-state index contributed by atoms with van der Waals surface area (Å²) in [5.41, 5.74) is -3.84. The topological polar surface area (TPSA) is 162 Å². The lowest BCUT2D eigenvalue weighted by atomic mass is 9.38. The lowest BCUT2D eigenvalue weighted by Gasteiger charge is -2.68. The number of fused-ring (bicyclic) bond motifs is 2. The van der Waals surface area contributed by atoms with Crippen molar-refractivity contribution in [2.75, 3.05) is 7.11 Å². The van der Waals surface area contributed by atoms with E-state index in [9.17, 15) is 29.7 Å². The Bertz CT molecular complexity index is 1310. The molecule has 1 aromatic rings. The molecule has 4 fully saturated rings. The minimum absolute atomic E-state index is 0.265. The first-order valence-electron chi connectivity index (χ1n) is 13.6. The van der Waals surface area contributed by atoms with Gasteiger partial charge in [-0.1, -0.05) is 33.3 Å². The van der Waals surface area contributed by atoms with Crippen LogP contribution in [0.15, 0.2) is 34.2 Å². The molecule has 2 saturated carbocycles. The van der Waals surface area contributed by atoms with Gasteiger partial charge in [0.05, 0.1) is 19.6 Å². The van der Waals surface area contributed by atoms with E-state index < -0.39 is 81.8 Å². The van der Waals surface area contributed by atoms with Crippen molar-refractivity contribution in [3.8, 4) is 0 Å². The number of carbonyl (C=O) groups excluding carboxylic acids is 3. The summed E-state index contributed by atoms with van der Waals surface area (Å²) in [5.74, 6) is -5.81. The Morgan fingerprint density at radius 3 is 2.45 bits per heavy atom. The van der Waals surface area contributed by atoms with E-state index in [-0.39, 0.29) is 6.42 Å². The molecule has 0 radical (unpaired) electrons. The molecule has 0 spiro atoms. The van der Waals surface area contributed by atoms with Crippen molar-refractivity contribution < 1.29 is 53.1 Å². The molecular formula is C29H36O11. The van der Waals surface area contributed by atoms with Crippen molar-refractivity contribution in [3.63, 3.8) is 0 Å². The molecule has 0 amide bonds. The molecule has 3 aliphatic carbocycles. The summed E-state index contributed by atoms with van der Waals surface area (Å²) in [4.78, 5) is 38.5. The van der Waals surface area contributed by atoms with Crippen LogP contribution in [0.4, 0.5) is 0 Å². The minimum Gasteiger partial charge on any atom is -0.472 e. The van der Waals surface area contributed by atoms with Gasteiger partial charge in [0.25, 0.3) is 0 Å². The molecule has 6 rings (SSSR count). The van der Waals surface area contributed by atoms with E-state index in [1.807, 2.05) is 6.92 Å². The largest absolute Gasteiger partial charge is 0.472 e. The molecule has 1 unspecified atom stereocenters. The maximum atomic E-state index is 13.1. The normalized spacial score (nSPS) is 46.7. The number of aliphatic hydroxyl groups excluding tert-OH is 1. The van der Waals surface area contributed by atoms with Crippen LogP contribution in [-0.2, 0) is 33.3 Å². The molecule has 3 N–H and O–H groups in total. The van der Waals surface area contributed by atoms with Crippen molar-refractivity contribution in [2.45, 2.75) is 89.7 Å². The van der Waals surface area contributed by atoms with Crippen LogP contribution in [0.2, 0.25) is 0 Å². The summed E-state index contributed by atoms with van der Waals surface area (Å²) in [7, 11) is 1.22. The molecule has 218 valence electrons. The zero-order chi connectivity index (χ0) is 29.2. The Balaban J connectivity index is 1.63. The highest BCUT2D eigenvalue weighted by Gasteiger charge is 2.86. The van der Waals surface area contributed by atoms with Crippen molar-refractivity contribution >= 4 is 17.9 Å². The van der Waals surface area contributed by atoms with Crippen LogP contribution in [0.25, 0.3) is 0 Å². The summed E-state index contributed by atoms with van der Waals surface area (Å²) in [5, 5.41) is 36.3. The van der Waals surface area contributed by atoms with E-state index in [1.165, 1.54) is 26.6 Å². The van der Waals surface area contributed by atoms with Gasteiger partial charge in [-0.3, -0.25) is 4.79 Å². The summed E-state index contributed by atoms with van der Waals surface area (Å²) < 4.78 is 27.9. The summed E-state index contributed by atoms with van der Waals surface area (Å²) in [6.07, 6.45) is -1.27. The first kappa shape index (κ1) is 27.4. The number of hydrogen-bond acceptors (Lipinski definition) is 11. The van der Waals surface area contributed by atoms with Gasteiger partial charge in [-0.2, -0.15) is 0 Å². The molecule has 2 saturated heterocycles. The van der Waals surface area contributed by atoms with Gasteiger partial charge in [-0.05, 0) is 30.4 Å². The smallest absolute Gasteiger partial charge is 0.339 e. The van der Waals surface area contributed by atoms with Crippen LogP contribution in [0, 0.1) is 28.1 Å². The fraction of sp³-hybridized carbons (Fsp3) is 0.690. The van der Waals surface area contributed by atoms with Crippen molar-refractivity contribution in [1.29, 1.82) is 0 Å². The van der Waals surface area contributed by atoms with Crippen LogP contribution >= 0.6 is 0 Å². The highest BCUT2D eigenvalue weighted by atomic mass is 16.7. The van der Waals surface area contributed by atoms with E-state index in [2.05, 4.69) is 0 Å². The number of ether oxygens (including phenoxy) is 4. The Hall–Kier alpha value is -2.73. The van der Waals surface area contributed by atoms with Crippen LogP contribution in [-0.4, -0.2) is 70.0 Å². The summed E-state index contributed by atoms with van der Waals surface area (Å²) >= 11 is 0. The van der Waals surface area contributed by atoms with Crippen LogP contribution < -0.4 is 0 Å². The highest BCUT2D eigenvalue weighted by Crippen LogP contribution is 2.76. The van der Waals surface area contributed by atoms with E-state index in [1.54, 1.807) is 26.8 Å². The lowest BCUT2D eigenvalue weighted by Crippen LogP contribution is -2.80. The second-order valence-electron chi connectivity index (χ2n) is 13.1. The van der Waals surface area contributed by atoms with Gasteiger partial charge in [0.2, 0.25) is 5.79 Å². The predicted molar refractivity (Wildman–Crippen MR) is 134 cm³/mol. The SMILES string of the molecule is COC(=O)[C@H]1O[C@]2(O)C3(O)CC4=C5[C@@H](O)C(=O)O[C@@H](c6ccoc6)[C@]5(C)CC[C@@H]4[C@]2(C)[C@H]1C(C)(C)[C@@H]3OC(C)=O. The Morgan fingerprint density at radius 1 is 1.15 bits per heavy atom. The van der Waals surface area contributed by atoms with E-state index in [4.69, 9.17) is 23.4 Å². The van der Waals surface area contributed by atoms with Crippen LogP contribution in [0.5, 0.6) is 0 Å². The molecule has 40 heavy (non-hydrogen) atoms. The molecule has 3 heterocycles. The predicted octanol–water partition coefficient (Wildman–Crippen LogP) is 1.94. The second kappa shape index (κ2) is 8.18. The molecule has 5 aliphatic rings. The molecule has 2 aliphatic heterocycles. The number of rotatable bonds is 3. The van der Waals surface area contributed by atoms with Crippen molar-refractivity contribution in [2.24, 2.45) is 28.1 Å². The molecule has 11 nitrogen and oxygen atoms in total. The third kappa shape index (κ3) is 2.96. The highest BCUT2D eigenvalue weighted by molar-refractivity contribution is 5.81. The molecule has 0 aromatic carbocycles. The average Bonchev–Trinajstić information content (AvgIpc) is 3.48. The minimum atomic E-state index is -2.31. The number of esters is 3. The van der Waals surface area contributed by atoms with Gasteiger partial charge in [-0.15, -0.1) is 0 Å². The number of aliphatic hydroxyl groups is 3. The molecule has 11 heteroatoms. The lowest BCUT2D eigenvalue weighted by molar-refractivity contribution is -0.388. The molecule has 10 atom stereocenters. The van der Waals surface area contributed by atoms with E-state index >= 15 is 0 Å². The Morgan fingerprint density at radius 2 is 1.85 bits per heavy atom. The fourth-order valence-corrected chi connectivity index (χ4v) is 9.50. The second-order valence-corrected chi connectivity index (χ2v) is 13.1. The van der Waals surface area contributed by atoms with E-state index in [0.717, 1.165) is 0 Å². The van der Waals surface area contributed by atoms with Gasteiger partial charge >= 0.3 is 17.9 Å². The number of cyclic esters (lactones) is 1. The average molecular weight is 561 g/mol. The Kier molecular flexibility index (Phi) is 5.61. The summed E-state index contributed by atoms with van der Waals surface area (Å²) in [6, 6.07) is 1.71. The number of carbonyl (C=O) groups is 3. The number of furan rings is 1. The first-order valence-corrected chi connectivity index (χ1v) is 13.6. The Labute approximate surface area is 231 Å². The third-order valence-electron chi connectivity index (χ3n) is 10.9. The zero-order valence-corrected chi connectivity index (χ0v) is 23.4. The van der Waals surface area contributed by atoms with Crippen LogP contribution in [0.1, 0.15) is 65.5 Å². The van der Waals surface area contributed by atoms with Crippen molar-refractivity contribution in [1.82, 2.24) is 0 Å². The molecular weight excluding hydrogens is 524 g/mol. The monoisotopic (exact) mass is 560 g/mol. The number of methoxy groups -OCH3 is 1. The van der Waals surface area contributed by atoms with Gasteiger partial charge in [-0.25, -0.2) is 9.59 Å².